The summed E-state index contributed by atoms with van der Waals surface area (Å²) in [4.78, 5) is 42.6. The Hall–Kier alpha value is -5.11. The third kappa shape index (κ3) is 6.79. The van der Waals surface area contributed by atoms with E-state index in [-0.39, 0.29) is 29.8 Å². The van der Waals surface area contributed by atoms with Crippen molar-refractivity contribution in [3.8, 4) is 22.0 Å². The molecule has 4 aromatic heterocycles. The van der Waals surface area contributed by atoms with E-state index in [4.69, 9.17) is 4.74 Å². The SMILES string of the molecule is COc1ccc(-n2ccc3c(=O)n(CC4(O)CCN(C(=O)[C@@H]5CCN(Cc6cnc(-c7cnn(C)c7)s6)C[C@H]5c5ccccc5)CC4)cnc32)cc1. The minimum Gasteiger partial charge on any atom is -0.497 e. The molecule has 1 N–H and O–H groups in total. The highest BCUT2D eigenvalue weighted by Crippen LogP contribution is 2.37. The van der Waals surface area contributed by atoms with Crippen LogP contribution in [0.1, 0.15) is 35.6 Å². The van der Waals surface area contributed by atoms with Gasteiger partial charge in [-0.2, -0.15) is 5.10 Å². The van der Waals surface area contributed by atoms with Gasteiger partial charge in [0.25, 0.3) is 5.56 Å². The largest absolute Gasteiger partial charge is 0.497 e. The van der Waals surface area contributed by atoms with Crippen LogP contribution in [0.3, 0.4) is 0 Å². The highest BCUT2D eigenvalue weighted by molar-refractivity contribution is 7.15. The Bertz CT molecular complexity index is 2230. The molecule has 2 fully saturated rings. The number of aryl methyl sites for hydroxylation is 1. The average Bonchev–Trinajstić information content (AvgIpc) is 3.94. The van der Waals surface area contributed by atoms with Crippen LogP contribution >= 0.6 is 11.3 Å². The highest BCUT2D eigenvalue weighted by Gasteiger charge is 2.41. The van der Waals surface area contributed by atoms with Crippen molar-refractivity contribution in [1.29, 1.82) is 0 Å². The van der Waals surface area contributed by atoms with Gasteiger partial charge in [-0.05, 0) is 61.7 Å². The van der Waals surface area contributed by atoms with E-state index in [0.717, 1.165) is 48.1 Å². The number of likely N-dealkylation sites (tertiary alicyclic amines) is 2. The van der Waals surface area contributed by atoms with Crippen LogP contribution in [0, 0.1) is 5.92 Å². The highest BCUT2D eigenvalue weighted by atomic mass is 32.1. The molecule has 0 saturated carbocycles. The number of amides is 1. The van der Waals surface area contributed by atoms with Crippen LogP contribution in [0.15, 0.2) is 96.6 Å². The molecule has 0 bridgehead atoms. The van der Waals surface area contributed by atoms with Gasteiger partial charge < -0.3 is 19.3 Å². The number of ether oxygens (including phenoxy) is 1. The molecule has 6 aromatic rings. The van der Waals surface area contributed by atoms with Crippen LogP contribution in [0.5, 0.6) is 5.75 Å². The molecule has 0 unspecified atom stereocenters. The molecular formula is C39H42N8O4S. The van der Waals surface area contributed by atoms with Crippen LogP contribution in [-0.2, 0) is 24.9 Å². The number of benzene rings is 2. The van der Waals surface area contributed by atoms with Crippen molar-refractivity contribution < 1.29 is 14.6 Å². The maximum Gasteiger partial charge on any atom is 0.262 e. The number of thiazole rings is 1. The minimum atomic E-state index is -1.12. The molecule has 2 aliphatic rings. The molecule has 2 aromatic carbocycles. The Kier molecular flexibility index (Phi) is 9.24. The standard InChI is InChI=1S/C39H42N8O4S/c1-43-22-28(20-42-43)36-40-21-31(52-36)23-44-16-12-32(34(24-44)27-6-4-3-5-7-27)37(48)45-18-14-39(50,15-19-45)25-46-26-41-35-33(38(46)49)13-17-47(35)29-8-10-30(51-2)11-9-29/h3-11,13,17,20-22,26,32,34,50H,12,14-16,18-19,23-25H2,1-2H3/t32-,34+/m1/s1. The third-order valence-corrected chi connectivity index (χ3v) is 11.6. The fourth-order valence-electron chi connectivity index (χ4n) is 7.73. The molecule has 0 spiro atoms. The van der Waals surface area contributed by atoms with Gasteiger partial charge in [-0.25, -0.2) is 9.97 Å². The van der Waals surface area contributed by atoms with Crippen LogP contribution in [0.4, 0.5) is 0 Å². The summed E-state index contributed by atoms with van der Waals surface area (Å²) in [6.45, 7) is 3.37. The van der Waals surface area contributed by atoms with Gasteiger partial charge in [0.05, 0.1) is 30.8 Å². The molecule has 13 heteroatoms. The molecule has 268 valence electrons. The summed E-state index contributed by atoms with van der Waals surface area (Å²) in [7, 11) is 3.53. The van der Waals surface area contributed by atoms with Gasteiger partial charge in [0.2, 0.25) is 5.91 Å². The number of hydrogen-bond donors (Lipinski definition) is 1. The molecule has 6 heterocycles. The first-order chi connectivity index (χ1) is 25.3. The zero-order chi connectivity index (χ0) is 35.8. The molecule has 0 radical (unpaired) electrons. The summed E-state index contributed by atoms with van der Waals surface area (Å²) in [5.74, 6) is 0.793. The Morgan fingerprint density at radius 2 is 1.81 bits per heavy atom. The Morgan fingerprint density at radius 3 is 2.54 bits per heavy atom. The quantitative estimate of drug-likeness (QED) is 0.228. The van der Waals surface area contributed by atoms with E-state index >= 15 is 0 Å². The molecular weight excluding hydrogens is 677 g/mol. The second-order valence-electron chi connectivity index (χ2n) is 14.0. The van der Waals surface area contributed by atoms with Gasteiger partial charge in [-0.1, -0.05) is 30.3 Å². The number of piperidine rings is 2. The fourth-order valence-corrected chi connectivity index (χ4v) is 8.66. The molecule has 8 rings (SSSR count). The lowest BCUT2D eigenvalue weighted by atomic mass is 9.79. The third-order valence-electron chi connectivity index (χ3n) is 10.6. The van der Waals surface area contributed by atoms with Crippen molar-refractivity contribution in [3.63, 3.8) is 0 Å². The summed E-state index contributed by atoms with van der Waals surface area (Å²) in [5, 5.41) is 17.4. The number of hydrogen-bond acceptors (Lipinski definition) is 9. The molecule has 12 nitrogen and oxygen atoms in total. The summed E-state index contributed by atoms with van der Waals surface area (Å²) < 4.78 is 10.4. The van der Waals surface area contributed by atoms with Gasteiger partial charge in [-0.15, -0.1) is 11.3 Å². The van der Waals surface area contributed by atoms with Gasteiger partial charge in [0.1, 0.15) is 17.1 Å². The van der Waals surface area contributed by atoms with E-state index in [1.54, 1.807) is 29.2 Å². The van der Waals surface area contributed by atoms with E-state index < -0.39 is 5.60 Å². The van der Waals surface area contributed by atoms with Crippen molar-refractivity contribution in [2.45, 2.75) is 43.9 Å². The second kappa shape index (κ2) is 14.1. The maximum absolute atomic E-state index is 14.2. The average molecular weight is 719 g/mol. The van der Waals surface area contributed by atoms with E-state index in [1.807, 2.05) is 83.8 Å². The number of rotatable bonds is 9. The van der Waals surface area contributed by atoms with Gasteiger partial charge in [-0.3, -0.25) is 23.7 Å². The number of fused-ring (bicyclic) bond motifs is 1. The molecule has 52 heavy (non-hydrogen) atoms. The van der Waals surface area contributed by atoms with Crippen molar-refractivity contribution in [1.82, 2.24) is 38.7 Å². The molecule has 2 atom stereocenters. The Balaban J connectivity index is 0.926. The van der Waals surface area contributed by atoms with Gasteiger partial charge >= 0.3 is 0 Å². The van der Waals surface area contributed by atoms with Gasteiger partial charge in [0, 0.05) is 79.8 Å². The van der Waals surface area contributed by atoms with Crippen LogP contribution in [0.25, 0.3) is 27.3 Å². The Labute approximate surface area is 305 Å². The van der Waals surface area contributed by atoms with E-state index in [1.165, 1.54) is 21.3 Å². The second-order valence-corrected chi connectivity index (χ2v) is 15.1. The number of carbonyl (C=O) groups is 1. The minimum absolute atomic E-state index is 0.0515. The Morgan fingerprint density at radius 1 is 1.02 bits per heavy atom. The topological polar surface area (TPSA) is 124 Å². The zero-order valence-corrected chi connectivity index (χ0v) is 30.2. The lowest BCUT2D eigenvalue weighted by molar-refractivity contribution is -0.142. The predicted molar refractivity (Wildman–Crippen MR) is 200 cm³/mol. The van der Waals surface area contributed by atoms with Crippen molar-refractivity contribution in [2.75, 3.05) is 33.3 Å². The molecule has 2 aliphatic heterocycles. The van der Waals surface area contributed by atoms with Crippen LogP contribution in [-0.4, -0.2) is 88.6 Å². The lowest BCUT2D eigenvalue weighted by Gasteiger charge is -2.43. The lowest BCUT2D eigenvalue weighted by Crippen LogP contribution is -2.53. The first-order valence-corrected chi connectivity index (χ1v) is 18.5. The number of carbonyl (C=O) groups excluding carboxylic acids is 1. The van der Waals surface area contributed by atoms with E-state index in [9.17, 15) is 14.7 Å². The molecule has 1 amide bonds. The monoisotopic (exact) mass is 718 g/mol. The number of nitrogens with zero attached hydrogens (tertiary/aromatic N) is 8. The normalized spacial score (nSPS) is 19.2. The number of aliphatic hydroxyl groups is 1. The summed E-state index contributed by atoms with van der Waals surface area (Å²) in [5.41, 5.74) is 2.28. The summed E-state index contributed by atoms with van der Waals surface area (Å²) in [6, 6.07) is 19.7. The number of methoxy groups -OCH3 is 1. The first kappa shape index (κ1) is 34.0. The van der Waals surface area contributed by atoms with Crippen LogP contribution in [0.2, 0.25) is 0 Å². The van der Waals surface area contributed by atoms with Crippen molar-refractivity contribution in [2.24, 2.45) is 13.0 Å². The first-order valence-electron chi connectivity index (χ1n) is 17.7. The fraction of sp³-hybridized carbons (Fsp3) is 0.359. The van der Waals surface area contributed by atoms with Crippen LogP contribution < -0.4 is 10.3 Å². The van der Waals surface area contributed by atoms with E-state index in [0.29, 0.717) is 37.0 Å². The van der Waals surface area contributed by atoms with Gasteiger partial charge in [0.15, 0.2) is 5.65 Å². The maximum atomic E-state index is 14.2. The zero-order valence-electron chi connectivity index (χ0n) is 29.3. The molecule has 0 aliphatic carbocycles. The van der Waals surface area contributed by atoms with Crippen molar-refractivity contribution >= 4 is 28.3 Å². The number of aromatic nitrogens is 6. The van der Waals surface area contributed by atoms with E-state index in [2.05, 4.69) is 32.1 Å². The summed E-state index contributed by atoms with van der Waals surface area (Å²) in [6.07, 6.45) is 10.6. The predicted octanol–water partition coefficient (Wildman–Crippen LogP) is 4.71. The van der Waals surface area contributed by atoms with Crippen molar-refractivity contribution in [3.05, 3.63) is 113 Å². The smallest absolute Gasteiger partial charge is 0.262 e. The summed E-state index contributed by atoms with van der Waals surface area (Å²) >= 11 is 1.69. The molecule has 2 saturated heterocycles.